The number of aromatic nitrogens is 1. The number of halogens is 2. The molecular weight excluding hydrogens is 365 g/mol. The number of thiazole rings is 1. The first-order valence-electron chi connectivity index (χ1n) is 7.94. The summed E-state index contributed by atoms with van der Waals surface area (Å²) >= 11 is 13.4. The summed E-state index contributed by atoms with van der Waals surface area (Å²) in [5.41, 5.74) is 1.34. The van der Waals surface area contributed by atoms with Crippen LogP contribution >= 0.6 is 34.5 Å². The number of piperidine rings is 1. The number of hydrogen-bond acceptors (Lipinski definition) is 4. The Morgan fingerprint density at radius 2 is 2.29 bits per heavy atom. The standard InChI is InChI=1S/C17H19Cl2N3OS/c1-11-3-2-6-22(8-11)9-13-10-24-17(20-13)21-16(23)14-7-12(18)4-5-15(14)19/h4-5,7,10-11H,2-3,6,8-9H2,1H3,(H,20,21,23)/t11-/m1/s1. The van der Waals surface area contributed by atoms with Crippen LogP contribution in [0.3, 0.4) is 0 Å². The van der Waals surface area contributed by atoms with Gasteiger partial charge in [0.25, 0.3) is 5.91 Å². The highest BCUT2D eigenvalue weighted by Crippen LogP contribution is 2.24. The summed E-state index contributed by atoms with van der Waals surface area (Å²) in [5, 5.41) is 6.22. The fourth-order valence-electron chi connectivity index (χ4n) is 2.93. The molecule has 1 aromatic heterocycles. The minimum absolute atomic E-state index is 0.296. The maximum atomic E-state index is 12.3. The number of likely N-dealkylation sites (tertiary alicyclic amines) is 1. The van der Waals surface area contributed by atoms with Gasteiger partial charge in [-0.05, 0) is 43.5 Å². The van der Waals surface area contributed by atoms with E-state index in [0.717, 1.165) is 31.2 Å². The number of nitrogens with one attached hydrogen (secondary N) is 1. The first-order chi connectivity index (χ1) is 11.5. The van der Waals surface area contributed by atoms with Gasteiger partial charge >= 0.3 is 0 Å². The molecule has 1 atom stereocenters. The number of carbonyl (C=O) groups excluding carboxylic acids is 1. The number of nitrogens with zero attached hydrogens (tertiary/aromatic N) is 2. The molecule has 1 N–H and O–H groups in total. The number of amides is 1. The zero-order valence-corrected chi connectivity index (χ0v) is 15.7. The molecule has 7 heteroatoms. The molecule has 1 fully saturated rings. The SMILES string of the molecule is C[C@@H]1CCCN(Cc2csc(NC(=O)c3cc(Cl)ccc3Cl)n2)C1. The van der Waals surface area contributed by atoms with E-state index < -0.39 is 0 Å². The van der Waals surface area contributed by atoms with Gasteiger partial charge in [-0.2, -0.15) is 0 Å². The van der Waals surface area contributed by atoms with Gasteiger partial charge in [0, 0.05) is 23.5 Å². The van der Waals surface area contributed by atoms with E-state index >= 15 is 0 Å². The Morgan fingerprint density at radius 3 is 3.08 bits per heavy atom. The predicted octanol–water partition coefficient (Wildman–Crippen LogP) is 4.93. The fraction of sp³-hybridized carbons (Fsp3) is 0.412. The molecule has 1 amide bonds. The van der Waals surface area contributed by atoms with Gasteiger partial charge in [0.05, 0.1) is 16.3 Å². The first kappa shape index (κ1) is 17.7. The molecule has 0 bridgehead atoms. The van der Waals surface area contributed by atoms with E-state index in [-0.39, 0.29) is 5.91 Å². The van der Waals surface area contributed by atoms with E-state index in [0.29, 0.717) is 20.7 Å². The van der Waals surface area contributed by atoms with Crippen molar-refractivity contribution in [3.8, 4) is 0 Å². The number of hydrogen-bond donors (Lipinski definition) is 1. The number of benzene rings is 1. The highest BCUT2D eigenvalue weighted by molar-refractivity contribution is 7.14. The van der Waals surface area contributed by atoms with E-state index in [2.05, 4.69) is 22.1 Å². The van der Waals surface area contributed by atoms with Crippen molar-refractivity contribution in [2.24, 2.45) is 5.92 Å². The normalized spacial score (nSPS) is 18.5. The van der Waals surface area contributed by atoms with Crippen molar-refractivity contribution in [1.82, 2.24) is 9.88 Å². The Balaban J connectivity index is 1.63. The second-order valence-corrected chi connectivity index (χ2v) is 7.91. The lowest BCUT2D eigenvalue weighted by Gasteiger charge is -2.30. The van der Waals surface area contributed by atoms with Crippen LogP contribution in [-0.2, 0) is 6.54 Å². The largest absolute Gasteiger partial charge is 0.298 e. The molecular formula is C17H19Cl2N3OS. The highest BCUT2D eigenvalue weighted by atomic mass is 35.5. The van der Waals surface area contributed by atoms with Gasteiger partial charge < -0.3 is 0 Å². The third kappa shape index (κ3) is 4.48. The van der Waals surface area contributed by atoms with Crippen molar-refractivity contribution in [1.29, 1.82) is 0 Å². The third-order valence-corrected chi connectivity index (χ3v) is 5.44. The molecule has 1 aliphatic heterocycles. The summed E-state index contributed by atoms with van der Waals surface area (Å²) < 4.78 is 0. The Bertz CT molecular complexity index is 734. The second-order valence-electron chi connectivity index (χ2n) is 6.20. The molecule has 3 rings (SSSR count). The van der Waals surface area contributed by atoms with E-state index in [9.17, 15) is 4.79 Å². The highest BCUT2D eigenvalue weighted by Gasteiger charge is 2.18. The van der Waals surface area contributed by atoms with Crippen LogP contribution in [0.4, 0.5) is 5.13 Å². The molecule has 2 heterocycles. The Kier molecular flexibility index (Phi) is 5.76. The number of rotatable bonds is 4. The molecule has 0 unspecified atom stereocenters. The minimum Gasteiger partial charge on any atom is -0.298 e. The second kappa shape index (κ2) is 7.83. The van der Waals surface area contributed by atoms with Crippen LogP contribution in [0.5, 0.6) is 0 Å². The minimum atomic E-state index is -0.296. The maximum absolute atomic E-state index is 12.3. The van der Waals surface area contributed by atoms with Crippen molar-refractivity contribution < 1.29 is 4.79 Å². The van der Waals surface area contributed by atoms with Gasteiger partial charge in [0.2, 0.25) is 0 Å². The van der Waals surface area contributed by atoms with Gasteiger partial charge in [-0.25, -0.2) is 4.98 Å². The Hall–Kier alpha value is -1.14. The number of anilines is 1. The molecule has 128 valence electrons. The van der Waals surface area contributed by atoms with Crippen LogP contribution in [-0.4, -0.2) is 28.9 Å². The van der Waals surface area contributed by atoms with Crippen molar-refractivity contribution in [3.63, 3.8) is 0 Å². The molecule has 1 aromatic carbocycles. The van der Waals surface area contributed by atoms with Crippen LogP contribution in [0.25, 0.3) is 0 Å². The summed E-state index contributed by atoms with van der Waals surface area (Å²) in [4.78, 5) is 19.3. The average Bonchev–Trinajstić information content (AvgIpc) is 2.96. The van der Waals surface area contributed by atoms with Gasteiger partial charge in [-0.3, -0.25) is 15.0 Å². The molecule has 0 saturated carbocycles. The predicted molar refractivity (Wildman–Crippen MR) is 100 cm³/mol. The maximum Gasteiger partial charge on any atom is 0.259 e. The molecule has 0 radical (unpaired) electrons. The van der Waals surface area contributed by atoms with E-state index in [1.54, 1.807) is 18.2 Å². The van der Waals surface area contributed by atoms with Gasteiger partial charge in [-0.1, -0.05) is 30.1 Å². The monoisotopic (exact) mass is 383 g/mol. The van der Waals surface area contributed by atoms with E-state index in [1.165, 1.54) is 24.2 Å². The van der Waals surface area contributed by atoms with Crippen molar-refractivity contribution in [2.75, 3.05) is 18.4 Å². The van der Waals surface area contributed by atoms with E-state index in [1.807, 2.05) is 5.38 Å². The zero-order valence-electron chi connectivity index (χ0n) is 13.4. The lowest BCUT2D eigenvalue weighted by molar-refractivity contribution is 0.102. The molecule has 1 aliphatic rings. The van der Waals surface area contributed by atoms with Crippen LogP contribution < -0.4 is 5.32 Å². The summed E-state index contributed by atoms with van der Waals surface area (Å²) in [6.07, 6.45) is 2.54. The Labute approximate surface area is 155 Å². The summed E-state index contributed by atoms with van der Waals surface area (Å²) in [6.45, 7) is 5.33. The molecule has 24 heavy (non-hydrogen) atoms. The van der Waals surface area contributed by atoms with Crippen LogP contribution in [0, 0.1) is 5.92 Å². The van der Waals surface area contributed by atoms with Crippen LogP contribution in [0.1, 0.15) is 35.8 Å². The lowest BCUT2D eigenvalue weighted by atomic mass is 10.0. The molecule has 4 nitrogen and oxygen atoms in total. The molecule has 0 aliphatic carbocycles. The molecule has 2 aromatic rings. The topological polar surface area (TPSA) is 45.2 Å². The lowest BCUT2D eigenvalue weighted by Crippen LogP contribution is -2.33. The fourth-order valence-corrected chi connectivity index (χ4v) is 4.00. The van der Waals surface area contributed by atoms with Crippen LogP contribution in [0.2, 0.25) is 10.0 Å². The number of carbonyl (C=O) groups is 1. The first-order valence-corrected chi connectivity index (χ1v) is 9.58. The van der Waals surface area contributed by atoms with Gasteiger partial charge in [0.15, 0.2) is 5.13 Å². The van der Waals surface area contributed by atoms with Crippen molar-refractivity contribution in [2.45, 2.75) is 26.3 Å². The zero-order chi connectivity index (χ0) is 17.1. The molecule has 1 saturated heterocycles. The van der Waals surface area contributed by atoms with Gasteiger partial charge in [0.1, 0.15) is 0 Å². The van der Waals surface area contributed by atoms with Gasteiger partial charge in [-0.15, -0.1) is 11.3 Å². The summed E-state index contributed by atoms with van der Waals surface area (Å²) in [6, 6.07) is 4.83. The van der Waals surface area contributed by atoms with Crippen LogP contribution in [0.15, 0.2) is 23.6 Å². The smallest absolute Gasteiger partial charge is 0.259 e. The molecule has 0 spiro atoms. The summed E-state index contributed by atoms with van der Waals surface area (Å²) in [7, 11) is 0. The van der Waals surface area contributed by atoms with Crippen molar-refractivity contribution >= 4 is 45.6 Å². The Morgan fingerprint density at radius 1 is 1.46 bits per heavy atom. The third-order valence-electron chi connectivity index (χ3n) is 4.07. The van der Waals surface area contributed by atoms with E-state index in [4.69, 9.17) is 23.2 Å². The average molecular weight is 384 g/mol. The summed E-state index contributed by atoms with van der Waals surface area (Å²) in [5.74, 6) is 0.441. The quantitative estimate of drug-likeness (QED) is 0.813. The van der Waals surface area contributed by atoms with Crippen molar-refractivity contribution in [3.05, 3.63) is 44.9 Å².